The molecule has 0 N–H and O–H groups in total. The van der Waals surface area contributed by atoms with Crippen molar-refractivity contribution >= 4 is 9.52 Å². The summed E-state index contributed by atoms with van der Waals surface area (Å²) >= 11 is 0. The van der Waals surface area contributed by atoms with Gasteiger partial charge in [-0.1, -0.05) is 113 Å². The van der Waals surface area contributed by atoms with Crippen LogP contribution in [0.25, 0.3) is 0 Å². The van der Waals surface area contributed by atoms with Crippen molar-refractivity contribution in [1.82, 2.24) is 0 Å². The van der Waals surface area contributed by atoms with E-state index in [1.807, 2.05) is 0 Å². The third-order valence-corrected chi connectivity index (χ3v) is 9.20. The molecule has 166 valence electrons. The van der Waals surface area contributed by atoms with Crippen molar-refractivity contribution < 1.29 is 0 Å². The molecule has 1 aliphatic carbocycles. The maximum Gasteiger partial charge on any atom is 0.0636 e. The predicted molar refractivity (Wildman–Crippen MR) is 141 cm³/mol. The molecule has 0 saturated carbocycles. The molecule has 0 fully saturated rings. The van der Waals surface area contributed by atoms with Crippen molar-refractivity contribution in [1.29, 1.82) is 0 Å². The predicted octanol–water partition coefficient (Wildman–Crippen LogP) is 7.89. The van der Waals surface area contributed by atoms with Crippen LogP contribution >= 0.6 is 0 Å². The number of benzene rings is 2. The summed E-state index contributed by atoms with van der Waals surface area (Å²) in [5.41, 5.74) is 8.40. The Hall–Kier alpha value is -1.86. The van der Waals surface area contributed by atoms with Gasteiger partial charge in [-0.2, -0.15) is 0 Å². The van der Waals surface area contributed by atoms with Crippen LogP contribution in [0.15, 0.2) is 71.5 Å². The molecular formula is C30H42Si. The van der Waals surface area contributed by atoms with Crippen molar-refractivity contribution in [3.05, 3.63) is 93.7 Å². The molecule has 3 rings (SSSR count). The first kappa shape index (κ1) is 23.8. The highest BCUT2D eigenvalue weighted by atomic mass is 28.2. The van der Waals surface area contributed by atoms with Gasteiger partial charge in [-0.15, -0.1) is 0 Å². The van der Waals surface area contributed by atoms with Gasteiger partial charge in [0.05, 0.1) is 9.52 Å². The van der Waals surface area contributed by atoms with E-state index in [-0.39, 0.29) is 5.41 Å². The highest BCUT2D eigenvalue weighted by Gasteiger charge is 2.25. The molecule has 1 heteroatoms. The SMILES string of the molecule is CCCCc1ccc(C([SiH2]C2=C(C(C)(C)C)C=CC2)c2ccc(CCCC)cc2)cc1. The topological polar surface area (TPSA) is 0 Å². The molecule has 0 amide bonds. The molecule has 0 atom stereocenters. The van der Waals surface area contributed by atoms with Crippen molar-refractivity contribution in [2.45, 2.75) is 85.1 Å². The van der Waals surface area contributed by atoms with Gasteiger partial charge in [0.15, 0.2) is 0 Å². The Morgan fingerprint density at radius 2 is 1.26 bits per heavy atom. The van der Waals surface area contributed by atoms with Gasteiger partial charge in [0.25, 0.3) is 0 Å². The maximum atomic E-state index is 2.42. The largest absolute Gasteiger partial charge is 0.0806 e. The van der Waals surface area contributed by atoms with E-state index >= 15 is 0 Å². The fourth-order valence-corrected chi connectivity index (χ4v) is 7.50. The van der Waals surface area contributed by atoms with Gasteiger partial charge in [-0.3, -0.25) is 0 Å². The Kier molecular flexibility index (Phi) is 8.55. The van der Waals surface area contributed by atoms with Gasteiger partial charge in [0, 0.05) is 5.54 Å². The third-order valence-electron chi connectivity index (χ3n) is 6.69. The summed E-state index contributed by atoms with van der Waals surface area (Å²) in [6.07, 6.45) is 13.5. The summed E-state index contributed by atoms with van der Waals surface area (Å²) in [6.45, 7) is 11.7. The Morgan fingerprint density at radius 1 is 0.774 bits per heavy atom. The van der Waals surface area contributed by atoms with Crippen LogP contribution in [0, 0.1) is 5.41 Å². The summed E-state index contributed by atoms with van der Waals surface area (Å²) < 4.78 is 0. The molecule has 0 unspecified atom stereocenters. The first-order chi connectivity index (χ1) is 14.9. The number of aryl methyl sites for hydroxylation is 2. The van der Waals surface area contributed by atoms with Crippen LogP contribution in [0.2, 0.25) is 0 Å². The van der Waals surface area contributed by atoms with Gasteiger partial charge in [-0.25, -0.2) is 0 Å². The van der Waals surface area contributed by atoms with Crippen molar-refractivity contribution in [2.24, 2.45) is 5.41 Å². The fourth-order valence-electron chi connectivity index (χ4n) is 4.79. The molecular weight excluding hydrogens is 388 g/mol. The van der Waals surface area contributed by atoms with Gasteiger partial charge in [0.1, 0.15) is 0 Å². The van der Waals surface area contributed by atoms with Gasteiger partial charge >= 0.3 is 0 Å². The van der Waals surface area contributed by atoms with E-state index in [0.717, 1.165) is 0 Å². The lowest BCUT2D eigenvalue weighted by atomic mass is 9.87. The average Bonchev–Trinajstić information content (AvgIpc) is 3.24. The Bertz CT molecular complexity index is 824. The lowest BCUT2D eigenvalue weighted by Crippen LogP contribution is -2.17. The Morgan fingerprint density at radius 3 is 1.68 bits per heavy atom. The van der Waals surface area contributed by atoms with E-state index in [1.165, 1.54) is 67.2 Å². The first-order valence-corrected chi connectivity index (χ1v) is 14.0. The number of rotatable bonds is 10. The minimum absolute atomic E-state index is 0.244. The van der Waals surface area contributed by atoms with Crippen molar-refractivity contribution in [2.75, 3.05) is 0 Å². The summed E-state index contributed by atoms with van der Waals surface area (Å²) in [5.74, 6) is 0. The molecule has 0 spiro atoms. The molecule has 0 radical (unpaired) electrons. The summed E-state index contributed by atoms with van der Waals surface area (Å²) in [7, 11) is -0.461. The second kappa shape index (κ2) is 11.1. The van der Waals surface area contributed by atoms with E-state index in [0.29, 0.717) is 5.54 Å². The molecule has 0 heterocycles. The normalized spacial score (nSPS) is 14.5. The van der Waals surface area contributed by atoms with Gasteiger partial charge in [-0.05, 0) is 65.3 Å². The standard InChI is InChI=1S/C30H42Si/c1-6-8-11-23-15-19-25(20-16-23)29(26-21-17-24(18-22-26)12-9-7-2)31-28-14-10-13-27(28)30(3,4)5/h10,13,15-22,29H,6-9,11-12,14,31H2,1-5H3. The van der Waals surface area contributed by atoms with Crippen molar-refractivity contribution in [3.8, 4) is 0 Å². The molecule has 0 bridgehead atoms. The van der Waals surface area contributed by atoms with Crippen LogP contribution in [0.5, 0.6) is 0 Å². The molecule has 2 aromatic rings. The summed E-state index contributed by atoms with van der Waals surface area (Å²) in [6, 6.07) is 19.2. The Labute approximate surface area is 193 Å². The maximum absolute atomic E-state index is 2.42. The van der Waals surface area contributed by atoms with E-state index in [2.05, 4.69) is 95.3 Å². The van der Waals surface area contributed by atoms with Crippen LogP contribution in [0.1, 0.15) is 94.5 Å². The van der Waals surface area contributed by atoms with Crippen LogP contribution in [-0.4, -0.2) is 9.52 Å². The molecule has 0 aliphatic heterocycles. The van der Waals surface area contributed by atoms with E-state index < -0.39 is 9.52 Å². The third kappa shape index (κ3) is 6.56. The minimum Gasteiger partial charge on any atom is -0.0806 e. The number of allylic oxidation sites excluding steroid dienone is 4. The monoisotopic (exact) mass is 430 g/mol. The zero-order chi connectivity index (χ0) is 22.3. The van der Waals surface area contributed by atoms with Crippen LogP contribution in [0.3, 0.4) is 0 Å². The van der Waals surface area contributed by atoms with E-state index in [1.54, 1.807) is 10.8 Å². The van der Waals surface area contributed by atoms with Crippen LogP contribution < -0.4 is 0 Å². The number of hydrogen-bond donors (Lipinski definition) is 0. The highest BCUT2D eigenvalue weighted by molar-refractivity contribution is 6.49. The van der Waals surface area contributed by atoms with Crippen molar-refractivity contribution in [3.63, 3.8) is 0 Å². The average molecular weight is 431 g/mol. The molecule has 1 aliphatic rings. The number of unbranched alkanes of at least 4 members (excludes halogenated alkanes) is 2. The quantitative estimate of drug-likeness (QED) is 0.336. The fraction of sp³-hybridized carbons (Fsp3) is 0.467. The van der Waals surface area contributed by atoms with E-state index in [9.17, 15) is 0 Å². The van der Waals surface area contributed by atoms with Crippen LogP contribution in [0.4, 0.5) is 0 Å². The van der Waals surface area contributed by atoms with Crippen LogP contribution in [-0.2, 0) is 12.8 Å². The molecule has 0 aromatic heterocycles. The summed E-state index contributed by atoms with van der Waals surface area (Å²) in [5, 5.41) is 1.75. The smallest absolute Gasteiger partial charge is 0.0636 e. The molecule has 2 aromatic carbocycles. The number of hydrogen-bond acceptors (Lipinski definition) is 0. The minimum atomic E-state index is -0.461. The Balaban J connectivity index is 1.90. The molecule has 31 heavy (non-hydrogen) atoms. The molecule has 0 nitrogen and oxygen atoms in total. The first-order valence-electron chi connectivity index (χ1n) is 12.5. The van der Waals surface area contributed by atoms with Gasteiger partial charge in [0.2, 0.25) is 0 Å². The zero-order valence-electron chi connectivity index (χ0n) is 20.5. The second-order valence-corrected chi connectivity index (χ2v) is 12.4. The molecule has 0 saturated heterocycles. The van der Waals surface area contributed by atoms with Gasteiger partial charge < -0.3 is 0 Å². The second-order valence-electron chi connectivity index (χ2n) is 10.3. The lowest BCUT2D eigenvalue weighted by Gasteiger charge is -2.25. The van der Waals surface area contributed by atoms with E-state index in [4.69, 9.17) is 0 Å². The summed E-state index contributed by atoms with van der Waals surface area (Å²) in [4.78, 5) is 0. The zero-order valence-corrected chi connectivity index (χ0v) is 21.9. The lowest BCUT2D eigenvalue weighted by molar-refractivity contribution is 0.516. The highest BCUT2D eigenvalue weighted by Crippen LogP contribution is 2.37.